The lowest BCUT2D eigenvalue weighted by Gasteiger charge is -1.95. The summed E-state index contributed by atoms with van der Waals surface area (Å²) in [4.78, 5) is 0. The van der Waals surface area contributed by atoms with Crippen LogP contribution in [0.1, 0.15) is 11.1 Å². The van der Waals surface area contributed by atoms with E-state index in [0.717, 1.165) is 0 Å². The van der Waals surface area contributed by atoms with Crippen LogP contribution < -0.4 is 11.5 Å². The smallest absolute Gasteiger partial charge is 0.0110 e. The Morgan fingerprint density at radius 1 is 0.786 bits per heavy atom. The summed E-state index contributed by atoms with van der Waals surface area (Å²) in [5, 5.41) is 0. The number of rotatable bonds is 4. The maximum Gasteiger partial charge on any atom is 0.0110 e. The van der Waals surface area contributed by atoms with Crippen molar-refractivity contribution >= 4 is 12.2 Å². The zero-order valence-electron chi connectivity index (χ0n) is 8.19. The minimum Gasteiger partial charge on any atom is -0.327 e. The first-order valence-electron chi connectivity index (χ1n) is 4.70. The molecule has 0 radical (unpaired) electrons. The number of hydrogen-bond acceptors (Lipinski definition) is 2. The van der Waals surface area contributed by atoms with Gasteiger partial charge in [-0.3, -0.25) is 0 Å². The van der Waals surface area contributed by atoms with Crippen molar-refractivity contribution in [3.05, 3.63) is 47.5 Å². The molecule has 74 valence electrons. The van der Waals surface area contributed by atoms with Gasteiger partial charge >= 0.3 is 0 Å². The van der Waals surface area contributed by atoms with Gasteiger partial charge in [0.1, 0.15) is 0 Å². The van der Waals surface area contributed by atoms with Gasteiger partial charge < -0.3 is 11.5 Å². The molecule has 0 atom stereocenters. The molecule has 2 nitrogen and oxygen atoms in total. The highest BCUT2D eigenvalue weighted by atomic mass is 14.5. The molecular weight excluding hydrogens is 172 g/mol. The first-order chi connectivity index (χ1) is 6.86. The highest BCUT2D eigenvalue weighted by Gasteiger charge is 1.87. The third-order valence-electron chi connectivity index (χ3n) is 1.83. The van der Waals surface area contributed by atoms with Crippen LogP contribution in [0.15, 0.2) is 36.4 Å². The highest BCUT2D eigenvalue weighted by Crippen LogP contribution is 2.07. The predicted molar refractivity (Wildman–Crippen MR) is 62.6 cm³/mol. The Balaban J connectivity index is 2.68. The minimum atomic E-state index is 0.578. The van der Waals surface area contributed by atoms with Gasteiger partial charge in [0.25, 0.3) is 0 Å². The van der Waals surface area contributed by atoms with Gasteiger partial charge in [-0.05, 0) is 11.1 Å². The SMILES string of the molecule is NC/C=C/c1ccc(/C=C/CN)cc1. The summed E-state index contributed by atoms with van der Waals surface area (Å²) in [6.07, 6.45) is 7.89. The summed E-state index contributed by atoms with van der Waals surface area (Å²) < 4.78 is 0. The van der Waals surface area contributed by atoms with Crippen molar-refractivity contribution in [3.63, 3.8) is 0 Å². The fourth-order valence-corrected chi connectivity index (χ4v) is 1.13. The topological polar surface area (TPSA) is 52.0 Å². The number of nitrogens with two attached hydrogens (primary N) is 2. The average Bonchev–Trinajstić information content (AvgIpc) is 2.25. The monoisotopic (exact) mass is 188 g/mol. The van der Waals surface area contributed by atoms with Crippen LogP contribution in [0.25, 0.3) is 12.2 Å². The quantitative estimate of drug-likeness (QED) is 0.754. The lowest BCUT2D eigenvalue weighted by molar-refractivity contribution is 1.26. The fourth-order valence-electron chi connectivity index (χ4n) is 1.13. The first kappa shape index (κ1) is 10.7. The third-order valence-corrected chi connectivity index (χ3v) is 1.83. The molecule has 0 heterocycles. The molecule has 0 aliphatic heterocycles. The second kappa shape index (κ2) is 6.13. The Bertz CT molecular complexity index is 277. The molecule has 4 N–H and O–H groups in total. The van der Waals surface area contributed by atoms with Gasteiger partial charge in [-0.15, -0.1) is 0 Å². The van der Waals surface area contributed by atoms with Crippen molar-refractivity contribution in [2.45, 2.75) is 0 Å². The molecule has 2 heteroatoms. The van der Waals surface area contributed by atoms with Crippen molar-refractivity contribution in [2.75, 3.05) is 13.1 Å². The van der Waals surface area contributed by atoms with Gasteiger partial charge in [-0.1, -0.05) is 48.6 Å². The van der Waals surface area contributed by atoms with Crippen molar-refractivity contribution in [3.8, 4) is 0 Å². The van der Waals surface area contributed by atoms with Crippen molar-refractivity contribution in [1.82, 2.24) is 0 Å². The largest absolute Gasteiger partial charge is 0.327 e. The molecule has 0 saturated carbocycles. The summed E-state index contributed by atoms with van der Waals surface area (Å²) in [5.74, 6) is 0. The maximum atomic E-state index is 5.36. The van der Waals surface area contributed by atoms with Crippen LogP contribution in [0.5, 0.6) is 0 Å². The molecule has 0 fully saturated rings. The third kappa shape index (κ3) is 3.56. The Kier molecular flexibility index (Phi) is 4.69. The van der Waals surface area contributed by atoms with E-state index in [1.807, 2.05) is 24.3 Å². The van der Waals surface area contributed by atoms with E-state index >= 15 is 0 Å². The van der Waals surface area contributed by atoms with Gasteiger partial charge in [-0.25, -0.2) is 0 Å². The molecule has 0 spiro atoms. The standard InChI is InChI=1S/C12H16N2/c13-9-1-3-11-5-7-12(8-6-11)4-2-10-14/h1-8H,9-10,13-14H2/b3-1+,4-2+. The molecule has 0 aliphatic rings. The molecule has 0 saturated heterocycles. The molecular formula is C12H16N2. The van der Waals surface area contributed by atoms with Crippen LogP contribution in [-0.2, 0) is 0 Å². The molecule has 1 aromatic carbocycles. The summed E-state index contributed by atoms with van der Waals surface area (Å²) in [5.41, 5.74) is 13.1. The Morgan fingerprint density at radius 2 is 1.14 bits per heavy atom. The van der Waals surface area contributed by atoms with E-state index in [0.29, 0.717) is 13.1 Å². The zero-order chi connectivity index (χ0) is 10.2. The molecule has 0 unspecified atom stereocenters. The Morgan fingerprint density at radius 3 is 1.43 bits per heavy atom. The maximum absolute atomic E-state index is 5.36. The van der Waals surface area contributed by atoms with E-state index in [4.69, 9.17) is 11.5 Å². The van der Waals surface area contributed by atoms with Gasteiger partial charge in [0.2, 0.25) is 0 Å². The molecule has 0 aromatic heterocycles. The minimum absolute atomic E-state index is 0.578. The molecule has 14 heavy (non-hydrogen) atoms. The molecule has 0 aliphatic carbocycles. The summed E-state index contributed by atoms with van der Waals surface area (Å²) in [6, 6.07) is 8.23. The lowest BCUT2D eigenvalue weighted by atomic mass is 10.1. The van der Waals surface area contributed by atoms with Gasteiger partial charge in [0.15, 0.2) is 0 Å². The van der Waals surface area contributed by atoms with Crippen molar-refractivity contribution < 1.29 is 0 Å². The van der Waals surface area contributed by atoms with E-state index in [1.54, 1.807) is 0 Å². The Labute approximate surface area is 84.9 Å². The van der Waals surface area contributed by atoms with E-state index < -0.39 is 0 Å². The van der Waals surface area contributed by atoms with Crippen LogP contribution in [0.2, 0.25) is 0 Å². The Hall–Kier alpha value is -1.38. The van der Waals surface area contributed by atoms with Crippen molar-refractivity contribution in [2.24, 2.45) is 11.5 Å². The number of hydrogen-bond donors (Lipinski definition) is 2. The van der Waals surface area contributed by atoms with E-state index in [-0.39, 0.29) is 0 Å². The van der Waals surface area contributed by atoms with Crippen LogP contribution in [0.4, 0.5) is 0 Å². The van der Waals surface area contributed by atoms with E-state index in [2.05, 4.69) is 24.3 Å². The predicted octanol–water partition coefficient (Wildman–Crippen LogP) is 1.63. The summed E-state index contributed by atoms with van der Waals surface area (Å²) in [7, 11) is 0. The zero-order valence-corrected chi connectivity index (χ0v) is 8.19. The van der Waals surface area contributed by atoms with Crippen LogP contribution >= 0.6 is 0 Å². The molecule has 1 rings (SSSR count). The van der Waals surface area contributed by atoms with Crippen LogP contribution in [0, 0.1) is 0 Å². The normalized spacial score (nSPS) is 11.6. The van der Waals surface area contributed by atoms with Crippen molar-refractivity contribution in [1.29, 1.82) is 0 Å². The second-order valence-corrected chi connectivity index (χ2v) is 2.94. The van der Waals surface area contributed by atoms with Gasteiger partial charge in [0, 0.05) is 13.1 Å². The lowest BCUT2D eigenvalue weighted by Crippen LogP contribution is -1.92. The van der Waals surface area contributed by atoms with Gasteiger partial charge in [-0.2, -0.15) is 0 Å². The van der Waals surface area contributed by atoms with E-state index in [1.165, 1.54) is 11.1 Å². The second-order valence-electron chi connectivity index (χ2n) is 2.94. The average molecular weight is 188 g/mol. The fraction of sp³-hybridized carbons (Fsp3) is 0.167. The highest BCUT2D eigenvalue weighted by molar-refractivity contribution is 5.55. The van der Waals surface area contributed by atoms with E-state index in [9.17, 15) is 0 Å². The number of benzene rings is 1. The van der Waals surface area contributed by atoms with Gasteiger partial charge in [0.05, 0.1) is 0 Å². The summed E-state index contributed by atoms with van der Waals surface area (Å²) in [6.45, 7) is 1.16. The van der Waals surface area contributed by atoms with Crippen LogP contribution in [0.3, 0.4) is 0 Å². The first-order valence-corrected chi connectivity index (χ1v) is 4.70. The molecule has 0 amide bonds. The summed E-state index contributed by atoms with van der Waals surface area (Å²) >= 11 is 0. The van der Waals surface area contributed by atoms with Crippen LogP contribution in [-0.4, -0.2) is 13.1 Å². The molecule has 1 aromatic rings. The molecule has 0 bridgehead atoms.